The zero-order chi connectivity index (χ0) is 16.9. The molecular weight excluding hydrogens is 290 g/mol. The second-order valence-corrected chi connectivity index (χ2v) is 6.48. The van der Waals surface area contributed by atoms with Crippen LogP contribution in [0.2, 0.25) is 0 Å². The summed E-state index contributed by atoms with van der Waals surface area (Å²) in [5.41, 5.74) is 1.04. The molecule has 1 aromatic rings. The molecule has 1 amide bonds. The molecule has 1 saturated carbocycles. The number of rotatable bonds is 7. The minimum atomic E-state index is -0.790. The van der Waals surface area contributed by atoms with Crippen molar-refractivity contribution >= 4 is 11.6 Å². The van der Waals surface area contributed by atoms with Crippen LogP contribution in [0.1, 0.15) is 58.4 Å². The van der Waals surface area contributed by atoms with Crippen molar-refractivity contribution in [2.75, 3.05) is 11.9 Å². The number of hydrogen-bond donors (Lipinski definition) is 1. The van der Waals surface area contributed by atoms with Gasteiger partial charge in [-0.2, -0.15) is 0 Å². The fourth-order valence-corrected chi connectivity index (χ4v) is 2.96. The van der Waals surface area contributed by atoms with Gasteiger partial charge in [0.05, 0.1) is 6.10 Å². The van der Waals surface area contributed by atoms with Crippen molar-refractivity contribution in [3.8, 4) is 5.75 Å². The van der Waals surface area contributed by atoms with Crippen LogP contribution < -0.4 is 10.1 Å². The van der Waals surface area contributed by atoms with Crippen LogP contribution in [0.15, 0.2) is 18.2 Å². The first kappa shape index (κ1) is 17.8. The zero-order valence-corrected chi connectivity index (χ0v) is 14.8. The number of hydrogen-bond acceptors (Lipinski definition) is 3. The lowest BCUT2D eigenvalue weighted by Gasteiger charge is -2.27. The second-order valence-electron chi connectivity index (χ2n) is 6.48. The molecule has 0 aromatic heterocycles. The molecule has 0 unspecified atom stereocenters. The van der Waals surface area contributed by atoms with E-state index in [0.29, 0.717) is 19.1 Å². The molecule has 1 aromatic carbocycles. The van der Waals surface area contributed by atoms with E-state index in [2.05, 4.69) is 5.32 Å². The highest BCUT2D eigenvalue weighted by Crippen LogP contribution is 2.28. The first-order valence-corrected chi connectivity index (χ1v) is 8.71. The lowest BCUT2D eigenvalue weighted by molar-refractivity contribution is -0.139. The molecule has 4 heteroatoms. The van der Waals surface area contributed by atoms with Gasteiger partial charge >= 0.3 is 0 Å². The Balaban J connectivity index is 2.03. The number of carbonyl (C=O) groups excluding carboxylic acids is 1. The molecule has 1 fully saturated rings. The molecule has 4 nitrogen and oxygen atoms in total. The Hall–Kier alpha value is -1.55. The number of anilines is 1. The van der Waals surface area contributed by atoms with E-state index in [1.165, 1.54) is 12.8 Å². The van der Waals surface area contributed by atoms with Gasteiger partial charge in [0.15, 0.2) is 0 Å². The fraction of sp³-hybridized carbons (Fsp3) is 0.632. The molecule has 23 heavy (non-hydrogen) atoms. The third-order valence-electron chi connectivity index (χ3n) is 4.65. The molecule has 1 aliphatic carbocycles. The van der Waals surface area contributed by atoms with Gasteiger partial charge in [0.25, 0.3) is 5.91 Å². The molecule has 2 rings (SSSR count). The highest BCUT2D eigenvalue weighted by Gasteiger charge is 2.31. The Morgan fingerprint density at radius 2 is 2.00 bits per heavy atom. The predicted molar refractivity (Wildman–Crippen MR) is 93.0 cm³/mol. The van der Waals surface area contributed by atoms with Crippen LogP contribution in [-0.4, -0.2) is 24.2 Å². The van der Waals surface area contributed by atoms with Crippen molar-refractivity contribution < 1.29 is 14.3 Å². The summed E-state index contributed by atoms with van der Waals surface area (Å²) < 4.78 is 11.7. The minimum Gasteiger partial charge on any atom is -0.490 e. The summed E-state index contributed by atoms with van der Waals surface area (Å²) in [6.45, 7) is 8.22. The number of aryl methyl sites for hydroxylation is 1. The Morgan fingerprint density at radius 3 is 2.57 bits per heavy atom. The maximum atomic E-state index is 12.5. The predicted octanol–water partition coefficient (Wildman–Crippen LogP) is 4.46. The Kier molecular flexibility index (Phi) is 6.05. The van der Waals surface area contributed by atoms with Crippen LogP contribution in [0.3, 0.4) is 0 Å². The van der Waals surface area contributed by atoms with E-state index in [1.807, 2.05) is 45.9 Å². The first-order valence-electron chi connectivity index (χ1n) is 8.71. The molecule has 1 atom stereocenters. The van der Waals surface area contributed by atoms with Crippen molar-refractivity contribution in [2.24, 2.45) is 0 Å². The van der Waals surface area contributed by atoms with Crippen molar-refractivity contribution in [3.05, 3.63) is 23.8 Å². The Bertz CT molecular complexity index is 537. The van der Waals surface area contributed by atoms with Gasteiger partial charge in [-0.15, -0.1) is 0 Å². The lowest BCUT2D eigenvalue weighted by atomic mass is 10.0. The molecular formula is C19H29NO3. The monoisotopic (exact) mass is 319 g/mol. The lowest BCUT2D eigenvalue weighted by Crippen LogP contribution is -2.42. The van der Waals surface area contributed by atoms with Crippen LogP contribution in [0.4, 0.5) is 5.69 Å². The number of benzene rings is 1. The zero-order valence-electron chi connectivity index (χ0n) is 14.8. The average Bonchev–Trinajstić information content (AvgIpc) is 3.03. The standard InChI is InChI=1S/C19H29NO3/c1-5-19(4,22-6-2)18(21)20-15-11-12-17(14(3)13-15)23-16-9-7-8-10-16/h11-13,16H,5-10H2,1-4H3,(H,20,21)/t19-/m1/s1. The van der Waals surface area contributed by atoms with E-state index >= 15 is 0 Å². The molecule has 0 saturated heterocycles. The van der Waals surface area contributed by atoms with Gasteiger partial charge in [-0.3, -0.25) is 4.79 Å². The van der Waals surface area contributed by atoms with Gasteiger partial charge in [0.1, 0.15) is 11.4 Å². The van der Waals surface area contributed by atoms with E-state index in [9.17, 15) is 4.79 Å². The fourth-order valence-electron chi connectivity index (χ4n) is 2.96. The molecule has 1 N–H and O–H groups in total. The number of carbonyl (C=O) groups is 1. The Morgan fingerprint density at radius 1 is 1.30 bits per heavy atom. The van der Waals surface area contributed by atoms with Crippen LogP contribution in [0, 0.1) is 6.92 Å². The molecule has 0 heterocycles. The number of nitrogens with one attached hydrogen (secondary N) is 1. The molecule has 0 radical (unpaired) electrons. The van der Waals surface area contributed by atoms with Gasteiger partial charge in [0, 0.05) is 12.3 Å². The van der Waals surface area contributed by atoms with Crippen LogP contribution in [0.25, 0.3) is 0 Å². The maximum Gasteiger partial charge on any atom is 0.256 e. The molecule has 128 valence electrons. The number of ether oxygens (including phenoxy) is 2. The van der Waals surface area contributed by atoms with Gasteiger partial charge in [-0.1, -0.05) is 6.92 Å². The highest BCUT2D eigenvalue weighted by molar-refractivity contribution is 5.97. The molecule has 0 aliphatic heterocycles. The van der Waals surface area contributed by atoms with Gasteiger partial charge in [0.2, 0.25) is 0 Å². The van der Waals surface area contributed by atoms with Crippen molar-refractivity contribution in [3.63, 3.8) is 0 Å². The van der Waals surface area contributed by atoms with Gasteiger partial charge < -0.3 is 14.8 Å². The summed E-state index contributed by atoms with van der Waals surface area (Å²) in [4.78, 5) is 12.5. The topological polar surface area (TPSA) is 47.6 Å². The molecule has 0 bridgehead atoms. The van der Waals surface area contributed by atoms with Crippen molar-refractivity contribution in [1.82, 2.24) is 0 Å². The summed E-state index contributed by atoms with van der Waals surface area (Å²) in [6, 6.07) is 5.81. The van der Waals surface area contributed by atoms with E-state index in [-0.39, 0.29) is 5.91 Å². The quantitative estimate of drug-likeness (QED) is 0.807. The van der Waals surface area contributed by atoms with Crippen LogP contribution >= 0.6 is 0 Å². The second kappa shape index (κ2) is 7.82. The summed E-state index contributed by atoms with van der Waals surface area (Å²) >= 11 is 0. The van der Waals surface area contributed by atoms with Gasteiger partial charge in [-0.05, 0) is 76.6 Å². The average molecular weight is 319 g/mol. The first-order chi connectivity index (χ1) is 11.0. The maximum absolute atomic E-state index is 12.5. The van der Waals surface area contributed by atoms with Gasteiger partial charge in [-0.25, -0.2) is 0 Å². The summed E-state index contributed by atoms with van der Waals surface area (Å²) in [5.74, 6) is 0.809. The third kappa shape index (κ3) is 4.47. The van der Waals surface area contributed by atoms with E-state index in [1.54, 1.807) is 0 Å². The largest absolute Gasteiger partial charge is 0.490 e. The van der Waals surface area contributed by atoms with Crippen molar-refractivity contribution in [1.29, 1.82) is 0 Å². The van der Waals surface area contributed by atoms with E-state index in [0.717, 1.165) is 29.8 Å². The smallest absolute Gasteiger partial charge is 0.256 e. The van der Waals surface area contributed by atoms with E-state index in [4.69, 9.17) is 9.47 Å². The van der Waals surface area contributed by atoms with Crippen LogP contribution in [0.5, 0.6) is 5.75 Å². The third-order valence-corrected chi connectivity index (χ3v) is 4.65. The minimum absolute atomic E-state index is 0.106. The van der Waals surface area contributed by atoms with Crippen LogP contribution in [-0.2, 0) is 9.53 Å². The Labute approximate surface area is 139 Å². The van der Waals surface area contributed by atoms with Crippen molar-refractivity contribution in [2.45, 2.75) is 71.5 Å². The number of amides is 1. The highest BCUT2D eigenvalue weighted by atomic mass is 16.5. The SMILES string of the molecule is CCO[C@](C)(CC)C(=O)Nc1ccc(OC2CCCC2)c(C)c1. The summed E-state index contributed by atoms with van der Waals surface area (Å²) in [5, 5.41) is 2.96. The molecule has 0 spiro atoms. The summed E-state index contributed by atoms with van der Waals surface area (Å²) in [6.07, 6.45) is 5.77. The molecule has 1 aliphatic rings. The normalized spacial score (nSPS) is 17.7. The summed E-state index contributed by atoms with van der Waals surface area (Å²) in [7, 11) is 0. The van der Waals surface area contributed by atoms with E-state index < -0.39 is 5.60 Å².